The van der Waals surface area contributed by atoms with E-state index in [1.54, 1.807) is 0 Å². The molecule has 0 aliphatic heterocycles. The van der Waals surface area contributed by atoms with Gasteiger partial charge in [0.15, 0.2) is 0 Å². The maximum Gasteiger partial charge on any atom is 0.306 e. The highest BCUT2D eigenvalue weighted by atomic mass is 16.5. The van der Waals surface area contributed by atoms with Gasteiger partial charge in [0.25, 0.3) is 0 Å². The highest BCUT2D eigenvalue weighted by Crippen LogP contribution is 2.27. The fourth-order valence-electron chi connectivity index (χ4n) is 10.1. The summed E-state index contributed by atoms with van der Waals surface area (Å²) in [4.78, 5) is 15.1. The minimum Gasteiger partial charge on any atom is -0.462 e. The van der Waals surface area contributed by atoms with Crippen LogP contribution in [-0.4, -0.2) is 48.8 Å². The van der Waals surface area contributed by atoms with E-state index in [1.807, 2.05) is 0 Å². The SMILES string of the molecule is CC(C)C.CC(C)CCCC(C)CCCC(C)CCCC(C)CCC(CCC(C)CCCC(C)CCCC(C)CCCC(C)C)OC(=O)CCCCCN(C)C.CCCC(C)CCC(O)CCC(C)CC. The minimum atomic E-state index is -0.0571. The van der Waals surface area contributed by atoms with Crippen molar-refractivity contribution in [3.8, 4) is 0 Å². The number of hydrogen-bond acceptors (Lipinski definition) is 4. The molecule has 9 atom stereocenters. The van der Waals surface area contributed by atoms with Gasteiger partial charge in [0.05, 0.1) is 6.10 Å². The van der Waals surface area contributed by atoms with Gasteiger partial charge in [-0.2, -0.15) is 0 Å². The molecular weight excluding hydrogens is 867 g/mol. The first-order chi connectivity index (χ1) is 33.5. The van der Waals surface area contributed by atoms with Gasteiger partial charge in [-0.05, 0) is 150 Å². The first kappa shape index (κ1) is 74.6. The Hall–Kier alpha value is -0.610. The van der Waals surface area contributed by atoms with Crippen LogP contribution < -0.4 is 0 Å². The molecule has 0 aromatic heterocycles. The number of carbonyl (C=O) groups excluding carboxylic acids is 1. The molecule has 0 aliphatic carbocycles. The first-order valence-electron chi connectivity index (χ1n) is 32.0. The largest absolute Gasteiger partial charge is 0.462 e. The lowest BCUT2D eigenvalue weighted by molar-refractivity contribution is -0.150. The lowest BCUT2D eigenvalue weighted by atomic mass is 9.89. The van der Waals surface area contributed by atoms with E-state index in [0.29, 0.717) is 18.3 Å². The molecular formula is C67H139NO3. The zero-order valence-corrected chi connectivity index (χ0v) is 52.8. The van der Waals surface area contributed by atoms with Crippen molar-refractivity contribution < 1.29 is 14.6 Å². The molecule has 430 valence electrons. The second-order valence-corrected chi connectivity index (χ2v) is 26.8. The second kappa shape index (κ2) is 51.5. The number of esters is 1. The molecule has 0 rings (SSSR count). The van der Waals surface area contributed by atoms with Crippen molar-refractivity contribution in [1.29, 1.82) is 0 Å². The number of ether oxygens (including phenoxy) is 1. The predicted molar refractivity (Wildman–Crippen MR) is 322 cm³/mol. The molecule has 4 heteroatoms. The highest BCUT2D eigenvalue weighted by Gasteiger charge is 2.19. The first-order valence-corrected chi connectivity index (χ1v) is 32.0. The summed E-state index contributed by atoms with van der Waals surface area (Å²) >= 11 is 0. The van der Waals surface area contributed by atoms with Crippen LogP contribution in [-0.2, 0) is 9.53 Å². The predicted octanol–water partition coefficient (Wildman–Crippen LogP) is 21.8. The molecule has 4 nitrogen and oxygen atoms in total. The van der Waals surface area contributed by atoms with Crippen LogP contribution in [0.25, 0.3) is 0 Å². The summed E-state index contributed by atoms with van der Waals surface area (Å²) in [6, 6.07) is 0. The van der Waals surface area contributed by atoms with Crippen LogP contribution in [0.4, 0.5) is 0 Å². The van der Waals surface area contributed by atoms with Crippen LogP contribution in [0, 0.1) is 65.1 Å². The van der Waals surface area contributed by atoms with Crippen LogP contribution in [0.5, 0.6) is 0 Å². The summed E-state index contributed by atoms with van der Waals surface area (Å²) in [5.74, 6) is 9.02. The van der Waals surface area contributed by atoms with Gasteiger partial charge >= 0.3 is 5.97 Å². The van der Waals surface area contributed by atoms with Gasteiger partial charge < -0.3 is 14.7 Å². The Morgan fingerprint density at radius 3 is 1.01 bits per heavy atom. The Balaban J connectivity index is -0.00000203. The average Bonchev–Trinajstić information content (AvgIpc) is 3.28. The van der Waals surface area contributed by atoms with Gasteiger partial charge in [-0.3, -0.25) is 4.79 Å². The molecule has 0 amide bonds. The lowest BCUT2D eigenvalue weighted by Gasteiger charge is -2.22. The van der Waals surface area contributed by atoms with Gasteiger partial charge in [-0.25, -0.2) is 0 Å². The molecule has 71 heavy (non-hydrogen) atoms. The zero-order chi connectivity index (χ0) is 54.4. The van der Waals surface area contributed by atoms with E-state index >= 15 is 0 Å². The van der Waals surface area contributed by atoms with E-state index in [0.717, 1.165) is 105 Å². The number of unbranched alkanes of at least 4 members (excludes halogenated alkanes) is 2. The Labute approximate surface area is 451 Å². The maximum absolute atomic E-state index is 12.9. The molecule has 0 saturated heterocycles. The molecule has 9 unspecified atom stereocenters. The van der Waals surface area contributed by atoms with Crippen LogP contribution in [0.15, 0.2) is 0 Å². The molecule has 0 heterocycles. The Kier molecular flexibility index (Phi) is 54.1. The van der Waals surface area contributed by atoms with Crippen LogP contribution in [0.1, 0.15) is 330 Å². The molecule has 0 aliphatic rings. The van der Waals surface area contributed by atoms with E-state index in [9.17, 15) is 9.90 Å². The van der Waals surface area contributed by atoms with Crippen molar-refractivity contribution in [2.24, 2.45) is 65.1 Å². The van der Waals surface area contributed by atoms with E-state index in [-0.39, 0.29) is 18.2 Å². The van der Waals surface area contributed by atoms with Gasteiger partial charge in [0, 0.05) is 6.42 Å². The third-order valence-electron chi connectivity index (χ3n) is 15.7. The Morgan fingerprint density at radius 2 is 0.690 bits per heavy atom. The molecule has 0 radical (unpaired) electrons. The summed E-state index contributed by atoms with van der Waals surface area (Å²) in [5.41, 5.74) is 0. The molecule has 1 N–H and O–H groups in total. The monoisotopic (exact) mass is 1010 g/mol. The minimum absolute atomic E-state index is 0.0429. The third-order valence-corrected chi connectivity index (χ3v) is 15.7. The van der Waals surface area contributed by atoms with Crippen molar-refractivity contribution in [2.75, 3.05) is 20.6 Å². The van der Waals surface area contributed by atoms with E-state index in [2.05, 4.69) is 137 Å². The Morgan fingerprint density at radius 1 is 0.380 bits per heavy atom. The standard InChI is InChI=1S/C49H99NO2.C14H30O.C4H10/c1-40(2)22-16-24-42(5)26-18-28-44(7)30-20-32-46(9)35-37-48(52-49(51)34-14-13-15-39-50(11)12)38-36-47(10)33-21-31-45(8)29-19-27-43(6)25-17-23-41(3)4;1-5-7-13(4)9-11-14(15)10-8-12(3)6-2;1-4(2)3/h40-48H,13-39H2,1-12H3;12-15H,5-11H2,1-4H3;4H,1-3H3. The van der Waals surface area contributed by atoms with E-state index in [1.165, 1.54) is 161 Å². The summed E-state index contributed by atoms with van der Waals surface area (Å²) in [6.45, 7) is 40.8. The number of aliphatic hydroxyl groups is 1. The smallest absolute Gasteiger partial charge is 0.306 e. The van der Waals surface area contributed by atoms with Crippen molar-refractivity contribution in [3.05, 3.63) is 0 Å². The van der Waals surface area contributed by atoms with Crippen molar-refractivity contribution >= 4 is 5.97 Å². The Bertz CT molecular complexity index is 1020. The molecule has 0 aromatic rings. The third kappa shape index (κ3) is 60.1. The molecule has 0 aromatic carbocycles. The lowest BCUT2D eigenvalue weighted by Crippen LogP contribution is -2.20. The summed E-state index contributed by atoms with van der Waals surface area (Å²) in [7, 11) is 4.25. The topological polar surface area (TPSA) is 49.8 Å². The van der Waals surface area contributed by atoms with Gasteiger partial charge in [-0.1, -0.05) is 259 Å². The molecule has 0 fully saturated rings. The highest BCUT2D eigenvalue weighted by molar-refractivity contribution is 5.69. The fraction of sp³-hybridized carbons (Fsp3) is 0.985. The van der Waals surface area contributed by atoms with Crippen LogP contribution in [0.3, 0.4) is 0 Å². The van der Waals surface area contributed by atoms with Crippen molar-refractivity contribution in [2.45, 2.75) is 342 Å². The van der Waals surface area contributed by atoms with Gasteiger partial charge in [0.2, 0.25) is 0 Å². The average molecular weight is 1010 g/mol. The number of rotatable bonds is 46. The quantitative estimate of drug-likeness (QED) is 0.0488. The second-order valence-electron chi connectivity index (χ2n) is 26.8. The fourth-order valence-corrected chi connectivity index (χ4v) is 10.1. The molecule has 0 spiro atoms. The number of carbonyl (C=O) groups is 1. The van der Waals surface area contributed by atoms with Crippen LogP contribution in [0.2, 0.25) is 0 Å². The number of aliphatic hydroxyl groups excluding tert-OH is 1. The van der Waals surface area contributed by atoms with Crippen molar-refractivity contribution in [3.63, 3.8) is 0 Å². The number of nitrogens with zero attached hydrogens (tertiary/aromatic N) is 1. The van der Waals surface area contributed by atoms with Crippen molar-refractivity contribution in [1.82, 2.24) is 4.90 Å². The summed E-state index contributed by atoms with van der Waals surface area (Å²) < 4.78 is 6.21. The molecule has 0 saturated carbocycles. The van der Waals surface area contributed by atoms with Crippen LogP contribution >= 0.6 is 0 Å². The van der Waals surface area contributed by atoms with Gasteiger partial charge in [-0.15, -0.1) is 0 Å². The van der Waals surface area contributed by atoms with E-state index < -0.39 is 0 Å². The summed E-state index contributed by atoms with van der Waals surface area (Å²) in [6.07, 6.45) is 41.3. The number of hydrogen-bond donors (Lipinski definition) is 1. The molecule has 0 bridgehead atoms. The van der Waals surface area contributed by atoms with E-state index in [4.69, 9.17) is 4.74 Å². The maximum atomic E-state index is 12.9. The zero-order valence-electron chi connectivity index (χ0n) is 52.8. The summed E-state index contributed by atoms with van der Waals surface area (Å²) in [5, 5.41) is 9.81. The van der Waals surface area contributed by atoms with Gasteiger partial charge in [0.1, 0.15) is 6.10 Å². The normalized spacial score (nSPS) is 16.1.